The zero-order valence-electron chi connectivity index (χ0n) is 7.62. The van der Waals surface area contributed by atoms with E-state index in [9.17, 15) is 0 Å². The summed E-state index contributed by atoms with van der Waals surface area (Å²) in [6.45, 7) is 4.47. The van der Waals surface area contributed by atoms with Gasteiger partial charge in [0.1, 0.15) is 0 Å². The van der Waals surface area contributed by atoms with Crippen molar-refractivity contribution in [2.45, 2.75) is 13.0 Å². The van der Waals surface area contributed by atoms with Gasteiger partial charge in [-0.3, -0.25) is 4.98 Å². The Hall–Kier alpha value is -0.450. The van der Waals surface area contributed by atoms with Crippen molar-refractivity contribution < 1.29 is 0 Å². The van der Waals surface area contributed by atoms with Crippen LogP contribution in [0.3, 0.4) is 0 Å². The Labute approximate surface area is 82.6 Å². The second kappa shape index (κ2) is 4.69. The summed E-state index contributed by atoms with van der Waals surface area (Å²) >= 11 is 1.72. The third kappa shape index (κ3) is 2.76. The molecular formula is C9H15N3S. The van der Waals surface area contributed by atoms with Crippen molar-refractivity contribution in [3.8, 4) is 0 Å². The highest BCUT2D eigenvalue weighted by Crippen LogP contribution is 2.07. The number of nitrogens with zero attached hydrogens (tertiary/aromatic N) is 1. The fraction of sp³-hybridized carbons (Fsp3) is 0.667. The lowest BCUT2D eigenvalue weighted by Gasteiger charge is -2.08. The minimum absolute atomic E-state index is 0.827. The summed E-state index contributed by atoms with van der Waals surface area (Å²) < 4.78 is 0. The Balaban J connectivity index is 1.63. The summed E-state index contributed by atoms with van der Waals surface area (Å²) in [5.41, 5.74) is 1.88. The molecule has 0 amide bonds. The van der Waals surface area contributed by atoms with E-state index in [1.807, 2.05) is 11.7 Å². The van der Waals surface area contributed by atoms with Crippen LogP contribution in [0, 0.1) is 5.92 Å². The van der Waals surface area contributed by atoms with Crippen molar-refractivity contribution in [1.29, 1.82) is 0 Å². The molecule has 72 valence electrons. The summed E-state index contributed by atoms with van der Waals surface area (Å²) in [6, 6.07) is 0. The molecule has 2 heterocycles. The van der Waals surface area contributed by atoms with Crippen molar-refractivity contribution in [3.05, 3.63) is 16.6 Å². The lowest BCUT2D eigenvalue weighted by atomic mass is 10.1. The third-order valence-corrected chi connectivity index (χ3v) is 3.16. The van der Waals surface area contributed by atoms with E-state index in [2.05, 4.69) is 15.6 Å². The van der Waals surface area contributed by atoms with Crippen LogP contribution in [0.4, 0.5) is 0 Å². The van der Waals surface area contributed by atoms with Gasteiger partial charge in [0.25, 0.3) is 0 Å². The first-order chi connectivity index (χ1) is 6.45. The van der Waals surface area contributed by atoms with E-state index in [4.69, 9.17) is 0 Å². The van der Waals surface area contributed by atoms with Gasteiger partial charge in [0, 0.05) is 17.6 Å². The number of aromatic nitrogens is 1. The first-order valence-electron chi connectivity index (χ1n) is 4.74. The standard InChI is InChI=1S/C9H15N3S/c1-2-10-3-8(1)4-11-5-9-6-12-7-13-9/h6-8,10-11H,1-5H2. The first kappa shape index (κ1) is 9.12. The van der Waals surface area contributed by atoms with Gasteiger partial charge in [-0.15, -0.1) is 11.3 Å². The number of nitrogens with one attached hydrogen (secondary N) is 2. The maximum Gasteiger partial charge on any atom is 0.0794 e. The normalized spacial score (nSPS) is 22.3. The molecule has 1 fully saturated rings. The van der Waals surface area contributed by atoms with Gasteiger partial charge in [-0.05, 0) is 32.0 Å². The molecule has 0 bridgehead atoms. The molecule has 2 N–H and O–H groups in total. The van der Waals surface area contributed by atoms with Gasteiger partial charge in [-0.2, -0.15) is 0 Å². The van der Waals surface area contributed by atoms with E-state index in [-0.39, 0.29) is 0 Å². The average Bonchev–Trinajstić information content (AvgIpc) is 2.75. The number of hydrogen-bond donors (Lipinski definition) is 2. The number of hydrogen-bond acceptors (Lipinski definition) is 4. The third-order valence-electron chi connectivity index (χ3n) is 2.38. The lowest BCUT2D eigenvalue weighted by molar-refractivity contribution is 0.514. The second-order valence-electron chi connectivity index (χ2n) is 3.46. The van der Waals surface area contributed by atoms with Crippen LogP contribution in [0.15, 0.2) is 11.7 Å². The van der Waals surface area contributed by atoms with Crippen LogP contribution in [0.1, 0.15) is 11.3 Å². The molecule has 1 aliphatic rings. The zero-order valence-corrected chi connectivity index (χ0v) is 8.44. The smallest absolute Gasteiger partial charge is 0.0794 e. The maximum atomic E-state index is 4.04. The highest BCUT2D eigenvalue weighted by atomic mass is 32.1. The van der Waals surface area contributed by atoms with E-state index >= 15 is 0 Å². The van der Waals surface area contributed by atoms with E-state index in [0.29, 0.717) is 0 Å². The van der Waals surface area contributed by atoms with E-state index in [0.717, 1.165) is 19.0 Å². The van der Waals surface area contributed by atoms with Gasteiger partial charge < -0.3 is 10.6 Å². The van der Waals surface area contributed by atoms with E-state index in [1.165, 1.54) is 24.4 Å². The maximum absolute atomic E-state index is 4.04. The summed E-state index contributed by atoms with van der Waals surface area (Å²) in [6.07, 6.45) is 3.25. The predicted octanol–water partition coefficient (Wildman–Crippen LogP) is 0.842. The summed E-state index contributed by atoms with van der Waals surface area (Å²) in [4.78, 5) is 5.36. The van der Waals surface area contributed by atoms with Gasteiger partial charge in [0.15, 0.2) is 0 Å². The quantitative estimate of drug-likeness (QED) is 0.751. The van der Waals surface area contributed by atoms with Crippen LogP contribution in [0.5, 0.6) is 0 Å². The molecule has 1 saturated heterocycles. The molecule has 0 aromatic carbocycles. The van der Waals surface area contributed by atoms with Gasteiger partial charge in [-0.1, -0.05) is 0 Å². The predicted molar refractivity (Wildman–Crippen MR) is 54.8 cm³/mol. The second-order valence-corrected chi connectivity index (χ2v) is 4.43. The summed E-state index contributed by atoms with van der Waals surface area (Å²) in [5, 5.41) is 6.83. The highest BCUT2D eigenvalue weighted by Gasteiger charge is 2.13. The van der Waals surface area contributed by atoms with E-state index in [1.54, 1.807) is 11.3 Å². The molecular weight excluding hydrogens is 182 g/mol. The fourth-order valence-electron chi connectivity index (χ4n) is 1.62. The SMILES string of the molecule is c1ncc(CNCC2CCNC2)s1. The van der Waals surface area contributed by atoms with Crippen LogP contribution in [-0.4, -0.2) is 24.6 Å². The van der Waals surface area contributed by atoms with Crippen LogP contribution in [0.25, 0.3) is 0 Å². The molecule has 1 aromatic heterocycles. The van der Waals surface area contributed by atoms with Gasteiger partial charge in [0.05, 0.1) is 5.51 Å². The minimum atomic E-state index is 0.827. The van der Waals surface area contributed by atoms with Crippen LogP contribution in [0.2, 0.25) is 0 Å². The van der Waals surface area contributed by atoms with Crippen molar-refractivity contribution in [1.82, 2.24) is 15.6 Å². The molecule has 1 aliphatic heterocycles. The molecule has 1 aromatic rings. The van der Waals surface area contributed by atoms with Crippen LogP contribution >= 0.6 is 11.3 Å². The number of rotatable bonds is 4. The van der Waals surface area contributed by atoms with Crippen molar-refractivity contribution >= 4 is 11.3 Å². The molecule has 1 atom stereocenters. The molecule has 13 heavy (non-hydrogen) atoms. The molecule has 1 unspecified atom stereocenters. The molecule has 0 radical (unpaired) electrons. The molecule has 2 rings (SSSR count). The van der Waals surface area contributed by atoms with Gasteiger partial charge in [-0.25, -0.2) is 0 Å². The summed E-state index contributed by atoms with van der Waals surface area (Å²) in [7, 11) is 0. The fourth-order valence-corrected chi connectivity index (χ4v) is 2.18. The molecule has 0 saturated carbocycles. The summed E-state index contributed by atoms with van der Waals surface area (Å²) in [5.74, 6) is 0.827. The van der Waals surface area contributed by atoms with Gasteiger partial charge >= 0.3 is 0 Å². The van der Waals surface area contributed by atoms with Gasteiger partial charge in [0.2, 0.25) is 0 Å². The average molecular weight is 197 g/mol. The topological polar surface area (TPSA) is 37.0 Å². The Morgan fingerprint density at radius 2 is 2.69 bits per heavy atom. The zero-order chi connectivity index (χ0) is 8.93. The molecule has 3 nitrogen and oxygen atoms in total. The Kier molecular flexibility index (Phi) is 3.29. The highest BCUT2D eigenvalue weighted by molar-refractivity contribution is 7.09. The lowest BCUT2D eigenvalue weighted by Crippen LogP contribution is -2.23. The number of thiazole rings is 1. The van der Waals surface area contributed by atoms with Crippen LogP contribution < -0.4 is 10.6 Å². The van der Waals surface area contributed by atoms with Crippen molar-refractivity contribution in [2.24, 2.45) is 5.92 Å². The van der Waals surface area contributed by atoms with E-state index < -0.39 is 0 Å². The molecule has 0 aliphatic carbocycles. The van der Waals surface area contributed by atoms with Crippen LogP contribution in [-0.2, 0) is 6.54 Å². The largest absolute Gasteiger partial charge is 0.316 e. The Morgan fingerprint density at radius 3 is 3.38 bits per heavy atom. The molecule has 4 heteroatoms. The van der Waals surface area contributed by atoms with Crippen molar-refractivity contribution in [2.75, 3.05) is 19.6 Å². The molecule has 0 spiro atoms. The monoisotopic (exact) mass is 197 g/mol. The minimum Gasteiger partial charge on any atom is -0.316 e. The Bertz CT molecular complexity index is 229. The van der Waals surface area contributed by atoms with Crippen molar-refractivity contribution in [3.63, 3.8) is 0 Å². The first-order valence-corrected chi connectivity index (χ1v) is 5.62. The Morgan fingerprint density at radius 1 is 1.69 bits per heavy atom.